The average Bonchev–Trinajstić information content (AvgIpc) is 2.79. The Morgan fingerprint density at radius 1 is 1.33 bits per heavy atom. The summed E-state index contributed by atoms with van der Waals surface area (Å²) in [5.41, 5.74) is 0.520. The number of imidazole rings is 1. The summed E-state index contributed by atoms with van der Waals surface area (Å²) in [6.07, 6.45) is 5.51. The molecule has 0 radical (unpaired) electrons. The van der Waals surface area contributed by atoms with Gasteiger partial charge >= 0.3 is 6.09 Å². The Bertz CT molecular complexity index is 447. The summed E-state index contributed by atoms with van der Waals surface area (Å²) >= 11 is 0. The first-order valence-electron chi connectivity index (χ1n) is 7.66. The van der Waals surface area contributed by atoms with Crippen molar-refractivity contribution in [2.45, 2.75) is 72.6 Å². The van der Waals surface area contributed by atoms with Gasteiger partial charge in [-0.25, -0.2) is 9.78 Å². The summed E-state index contributed by atoms with van der Waals surface area (Å²) in [7, 11) is 0. The van der Waals surface area contributed by atoms with E-state index < -0.39 is 11.7 Å². The van der Waals surface area contributed by atoms with Gasteiger partial charge < -0.3 is 14.6 Å². The molecule has 0 saturated carbocycles. The second kappa shape index (κ2) is 7.48. The van der Waals surface area contributed by atoms with Gasteiger partial charge in [0.2, 0.25) is 0 Å². The van der Waals surface area contributed by atoms with Crippen molar-refractivity contribution in [2.24, 2.45) is 5.92 Å². The minimum atomic E-state index is -0.477. The fraction of sp³-hybridized carbons (Fsp3) is 0.750. The summed E-state index contributed by atoms with van der Waals surface area (Å²) in [4.78, 5) is 15.9. The largest absolute Gasteiger partial charge is 0.444 e. The van der Waals surface area contributed by atoms with E-state index in [1.165, 1.54) is 6.42 Å². The molecule has 0 aliphatic heterocycles. The van der Waals surface area contributed by atoms with Gasteiger partial charge in [-0.1, -0.05) is 13.8 Å². The summed E-state index contributed by atoms with van der Waals surface area (Å²) in [5.74, 6) is 0.694. The van der Waals surface area contributed by atoms with Gasteiger partial charge in [0.15, 0.2) is 0 Å². The molecule has 1 atom stereocenters. The van der Waals surface area contributed by atoms with Crippen LogP contribution in [0.4, 0.5) is 4.79 Å². The van der Waals surface area contributed by atoms with Crippen molar-refractivity contribution >= 4 is 6.09 Å². The third-order valence-corrected chi connectivity index (χ3v) is 3.20. The first kappa shape index (κ1) is 17.5. The van der Waals surface area contributed by atoms with Gasteiger partial charge in [-0.15, -0.1) is 0 Å². The molecule has 0 spiro atoms. The van der Waals surface area contributed by atoms with Gasteiger partial charge in [-0.2, -0.15) is 0 Å². The van der Waals surface area contributed by atoms with Gasteiger partial charge in [-0.05, 0) is 46.5 Å². The number of ether oxygens (including phenoxy) is 1. The van der Waals surface area contributed by atoms with Crippen molar-refractivity contribution in [1.29, 1.82) is 0 Å². The zero-order valence-corrected chi connectivity index (χ0v) is 14.1. The fourth-order valence-corrected chi connectivity index (χ4v) is 2.06. The third kappa shape index (κ3) is 6.65. The highest BCUT2D eigenvalue weighted by Crippen LogP contribution is 2.18. The molecular formula is C16H29N3O2. The molecule has 5 nitrogen and oxygen atoms in total. The Labute approximate surface area is 128 Å². The Kier molecular flexibility index (Phi) is 6.24. The fourth-order valence-electron chi connectivity index (χ4n) is 2.06. The van der Waals surface area contributed by atoms with E-state index in [1.807, 2.05) is 27.1 Å². The third-order valence-electron chi connectivity index (χ3n) is 3.20. The van der Waals surface area contributed by atoms with Crippen LogP contribution in [-0.4, -0.2) is 21.2 Å². The smallest absolute Gasteiger partial charge is 0.407 e. The van der Waals surface area contributed by atoms with E-state index >= 15 is 0 Å². The normalized spacial score (nSPS) is 13.3. The Morgan fingerprint density at radius 3 is 2.57 bits per heavy atom. The number of amides is 1. The van der Waals surface area contributed by atoms with E-state index in [0.29, 0.717) is 18.5 Å². The van der Waals surface area contributed by atoms with E-state index in [2.05, 4.69) is 35.6 Å². The number of hydrogen-bond acceptors (Lipinski definition) is 3. The molecule has 1 heterocycles. The van der Waals surface area contributed by atoms with E-state index in [4.69, 9.17) is 4.74 Å². The molecule has 0 bridgehead atoms. The number of nitrogens with zero attached hydrogens (tertiary/aromatic N) is 2. The SMILES string of the molecule is CC(C)CCC(C)n1cncc1CNC(=O)OC(C)(C)C. The van der Waals surface area contributed by atoms with Crippen molar-refractivity contribution < 1.29 is 9.53 Å². The first-order chi connectivity index (χ1) is 9.69. The molecular weight excluding hydrogens is 266 g/mol. The minimum Gasteiger partial charge on any atom is -0.444 e. The Morgan fingerprint density at radius 2 is 2.00 bits per heavy atom. The van der Waals surface area contributed by atoms with Crippen LogP contribution in [0, 0.1) is 5.92 Å². The highest BCUT2D eigenvalue weighted by atomic mass is 16.6. The lowest BCUT2D eigenvalue weighted by molar-refractivity contribution is 0.0522. The number of hydrogen-bond donors (Lipinski definition) is 1. The molecule has 0 saturated heterocycles. The summed E-state index contributed by atoms with van der Waals surface area (Å²) in [6, 6.07) is 0.380. The second-order valence-corrected chi connectivity index (χ2v) is 6.97. The zero-order chi connectivity index (χ0) is 16.0. The summed E-state index contributed by atoms with van der Waals surface area (Å²) < 4.78 is 7.36. The number of nitrogens with one attached hydrogen (secondary N) is 1. The van der Waals surface area contributed by atoms with Crippen molar-refractivity contribution in [3.05, 3.63) is 18.2 Å². The number of aromatic nitrogens is 2. The maximum Gasteiger partial charge on any atom is 0.407 e. The van der Waals surface area contributed by atoms with E-state index in [1.54, 1.807) is 6.20 Å². The lowest BCUT2D eigenvalue weighted by Crippen LogP contribution is -2.32. The maximum atomic E-state index is 11.7. The number of rotatable bonds is 6. The zero-order valence-electron chi connectivity index (χ0n) is 14.1. The van der Waals surface area contributed by atoms with Crippen LogP contribution in [-0.2, 0) is 11.3 Å². The molecule has 1 rings (SSSR count). The van der Waals surface area contributed by atoms with Crippen molar-refractivity contribution in [2.75, 3.05) is 0 Å². The lowest BCUT2D eigenvalue weighted by Gasteiger charge is -2.21. The van der Waals surface area contributed by atoms with Crippen LogP contribution in [0.1, 0.15) is 66.1 Å². The standard InChI is InChI=1S/C16H29N3O2/c1-12(2)7-8-13(3)19-11-17-9-14(19)10-18-15(20)21-16(4,5)6/h9,11-13H,7-8,10H2,1-6H3,(H,18,20). The monoisotopic (exact) mass is 295 g/mol. The van der Waals surface area contributed by atoms with E-state index in [9.17, 15) is 4.79 Å². The molecule has 1 amide bonds. The summed E-state index contributed by atoms with van der Waals surface area (Å²) in [6.45, 7) is 12.6. The van der Waals surface area contributed by atoms with E-state index in [-0.39, 0.29) is 0 Å². The van der Waals surface area contributed by atoms with Crippen molar-refractivity contribution in [3.8, 4) is 0 Å². The molecule has 120 valence electrons. The average molecular weight is 295 g/mol. The number of carbonyl (C=O) groups excluding carboxylic acids is 1. The van der Waals surface area contributed by atoms with Gasteiger partial charge in [0, 0.05) is 12.2 Å². The minimum absolute atomic E-state index is 0.380. The predicted molar refractivity (Wildman–Crippen MR) is 84.1 cm³/mol. The van der Waals surface area contributed by atoms with Crippen LogP contribution < -0.4 is 5.32 Å². The van der Waals surface area contributed by atoms with E-state index in [0.717, 1.165) is 12.1 Å². The molecule has 0 aliphatic carbocycles. The lowest BCUT2D eigenvalue weighted by atomic mass is 10.0. The molecule has 5 heteroatoms. The van der Waals surface area contributed by atoms with Crippen LogP contribution in [0.25, 0.3) is 0 Å². The molecule has 1 N–H and O–H groups in total. The van der Waals surface area contributed by atoms with Crippen molar-refractivity contribution in [1.82, 2.24) is 14.9 Å². The Hall–Kier alpha value is -1.52. The quantitative estimate of drug-likeness (QED) is 0.865. The predicted octanol–water partition coefficient (Wildman–Crippen LogP) is 3.91. The molecule has 21 heavy (non-hydrogen) atoms. The molecule has 0 aromatic carbocycles. The number of alkyl carbamates (subject to hydrolysis) is 1. The van der Waals surface area contributed by atoms with Crippen molar-refractivity contribution in [3.63, 3.8) is 0 Å². The number of carbonyl (C=O) groups is 1. The van der Waals surface area contributed by atoms with Crippen LogP contribution in [0.3, 0.4) is 0 Å². The topological polar surface area (TPSA) is 56.2 Å². The van der Waals surface area contributed by atoms with Crippen LogP contribution in [0.15, 0.2) is 12.5 Å². The van der Waals surface area contributed by atoms with Gasteiger partial charge in [0.25, 0.3) is 0 Å². The van der Waals surface area contributed by atoms with Crippen LogP contribution >= 0.6 is 0 Å². The van der Waals surface area contributed by atoms with Crippen LogP contribution in [0.5, 0.6) is 0 Å². The van der Waals surface area contributed by atoms with Gasteiger partial charge in [0.05, 0.1) is 18.6 Å². The molecule has 1 unspecified atom stereocenters. The Balaban J connectivity index is 2.53. The highest BCUT2D eigenvalue weighted by Gasteiger charge is 2.17. The molecule has 0 fully saturated rings. The second-order valence-electron chi connectivity index (χ2n) is 6.97. The van der Waals surface area contributed by atoms with Crippen LogP contribution in [0.2, 0.25) is 0 Å². The van der Waals surface area contributed by atoms with Gasteiger partial charge in [-0.3, -0.25) is 0 Å². The molecule has 0 aliphatic rings. The first-order valence-corrected chi connectivity index (χ1v) is 7.66. The summed E-state index contributed by atoms with van der Waals surface area (Å²) in [5, 5.41) is 2.78. The highest BCUT2D eigenvalue weighted by molar-refractivity contribution is 5.67. The molecule has 1 aromatic rings. The molecule has 1 aromatic heterocycles. The maximum absolute atomic E-state index is 11.7. The van der Waals surface area contributed by atoms with Gasteiger partial charge in [0.1, 0.15) is 5.60 Å².